The summed E-state index contributed by atoms with van der Waals surface area (Å²) in [5.41, 5.74) is 14.4. The van der Waals surface area contributed by atoms with Gasteiger partial charge in [-0.15, -0.1) is 0 Å². The smallest absolute Gasteiger partial charge is 0.147 e. The van der Waals surface area contributed by atoms with Crippen LogP contribution in [-0.4, -0.2) is 6.61 Å². The number of ether oxygens (including phenoxy) is 1. The van der Waals surface area contributed by atoms with Crippen molar-refractivity contribution in [1.82, 2.24) is 0 Å². The largest absolute Gasteiger partial charge is 0.489 e. The van der Waals surface area contributed by atoms with E-state index in [0.29, 0.717) is 12.3 Å². The fraction of sp³-hybridized carbons (Fsp3) is 0.333. The molecule has 12 heavy (non-hydrogen) atoms. The number of hydrogen-bond donors (Lipinski definition) is 2. The molecule has 0 saturated heterocycles. The minimum Gasteiger partial charge on any atom is -0.489 e. The van der Waals surface area contributed by atoms with E-state index in [1.807, 2.05) is 19.1 Å². The Morgan fingerprint density at radius 1 is 1.50 bits per heavy atom. The highest BCUT2D eigenvalue weighted by molar-refractivity contribution is 5.61. The summed E-state index contributed by atoms with van der Waals surface area (Å²) in [6.07, 6.45) is 0. The Morgan fingerprint density at radius 3 is 3.00 bits per heavy atom. The van der Waals surface area contributed by atoms with Crippen molar-refractivity contribution < 1.29 is 4.74 Å². The van der Waals surface area contributed by atoms with Crippen LogP contribution in [0.5, 0.6) is 5.75 Å². The molecule has 0 saturated carbocycles. The van der Waals surface area contributed by atoms with Crippen LogP contribution in [-0.2, 0) is 0 Å². The van der Waals surface area contributed by atoms with Gasteiger partial charge in [0.15, 0.2) is 0 Å². The molecule has 64 valence electrons. The van der Waals surface area contributed by atoms with Crippen molar-refractivity contribution in [3.8, 4) is 5.75 Å². The van der Waals surface area contributed by atoms with E-state index in [9.17, 15) is 0 Å². The van der Waals surface area contributed by atoms with Crippen LogP contribution in [0, 0.1) is 6.92 Å². The normalized spacial score (nSPS) is 20.3. The van der Waals surface area contributed by atoms with Gasteiger partial charge in [0.2, 0.25) is 0 Å². The molecular weight excluding hydrogens is 152 g/mol. The van der Waals surface area contributed by atoms with E-state index in [-0.39, 0.29) is 6.04 Å². The highest BCUT2D eigenvalue weighted by Crippen LogP contribution is 2.36. The van der Waals surface area contributed by atoms with Crippen LogP contribution in [0.3, 0.4) is 0 Å². The van der Waals surface area contributed by atoms with Gasteiger partial charge in [-0.25, -0.2) is 0 Å². The average Bonchev–Trinajstić information content (AvgIpc) is 2.33. The summed E-state index contributed by atoms with van der Waals surface area (Å²) >= 11 is 0. The highest BCUT2D eigenvalue weighted by atomic mass is 16.5. The molecule has 2 rings (SSSR count). The maximum Gasteiger partial charge on any atom is 0.147 e. The van der Waals surface area contributed by atoms with E-state index in [0.717, 1.165) is 16.9 Å². The van der Waals surface area contributed by atoms with Crippen LogP contribution in [0.15, 0.2) is 12.1 Å². The summed E-state index contributed by atoms with van der Waals surface area (Å²) < 4.78 is 5.35. The first kappa shape index (κ1) is 7.43. The number of fused-ring (bicyclic) bond motifs is 1. The molecule has 0 amide bonds. The van der Waals surface area contributed by atoms with Crippen molar-refractivity contribution in [3.05, 3.63) is 23.3 Å². The Kier molecular flexibility index (Phi) is 1.48. The van der Waals surface area contributed by atoms with Gasteiger partial charge in [-0.1, -0.05) is 6.07 Å². The fourth-order valence-corrected chi connectivity index (χ4v) is 1.53. The van der Waals surface area contributed by atoms with Gasteiger partial charge in [-0.3, -0.25) is 0 Å². The fourth-order valence-electron chi connectivity index (χ4n) is 1.53. The van der Waals surface area contributed by atoms with Gasteiger partial charge in [0, 0.05) is 5.56 Å². The molecule has 1 aliphatic rings. The Labute approximate surface area is 71.3 Å². The van der Waals surface area contributed by atoms with Gasteiger partial charge in [0.25, 0.3) is 0 Å². The number of aryl methyl sites for hydroxylation is 1. The lowest BCUT2D eigenvalue weighted by Crippen LogP contribution is -2.10. The summed E-state index contributed by atoms with van der Waals surface area (Å²) in [4.78, 5) is 0. The average molecular weight is 164 g/mol. The van der Waals surface area contributed by atoms with Gasteiger partial charge in [0.05, 0.1) is 11.7 Å². The molecule has 1 aromatic carbocycles. The second-order valence-corrected chi connectivity index (χ2v) is 3.19. The van der Waals surface area contributed by atoms with Crippen LogP contribution < -0.4 is 16.2 Å². The molecule has 4 N–H and O–H groups in total. The number of benzene rings is 1. The first-order valence-corrected chi connectivity index (χ1v) is 3.97. The summed E-state index contributed by atoms with van der Waals surface area (Å²) in [5, 5.41) is 0. The van der Waals surface area contributed by atoms with Crippen molar-refractivity contribution in [2.75, 3.05) is 12.3 Å². The van der Waals surface area contributed by atoms with Gasteiger partial charge < -0.3 is 16.2 Å². The van der Waals surface area contributed by atoms with Gasteiger partial charge in [-0.05, 0) is 18.6 Å². The molecule has 0 bridgehead atoms. The lowest BCUT2D eigenvalue weighted by atomic mass is 10.1. The van der Waals surface area contributed by atoms with Gasteiger partial charge in [-0.2, -0.15) is 0 Å². The molecule has 0 fully saturated rings. The number of rotatable bonds is 0. The minimum atomic E-state index is -0.0119. The molecule has 0 radical (unpaired) electrons. The zero-order chi connectivity index (χ0) is 8.72. The first-order chi connectivity index (χ1) is 5.68. The Balaban J connectivity index is 2.60. The lowest BCUT2D eigenvalue weighted by Gasteiger charge is -2.04. The highest BCUT2D eigenvalue weighted by Gasteiger charge is 2.22. The zero-order valence-electron chi connectivity index (χ0n) is 7.00. The Bertz CT molecular complexity index is 323. The van der Waals surface area contributed by atoms with E-state index >= 15 is 0 Å². The summed E-state index contributed by atoms with van der Waals surface area (Å²) in [6, 6.07) is 3.92. The molecule has 3 nitrogen and oxygen atoms in total. The molecule has 1 atom stereocenters. The van der Waals surface area contributed by atoms with E-state index in [2.05, 4.69) is 0 Å². The van der Waals surface area contributed by atoms with Crippen LogP contribution >= 0.6 is 0 Å². The lowest BCUT2D eigenvalue weighted by molar-refractivity contribution is 0.334. The molecule has 0 aliphatic carbocycles. The Morgan fingerprint density at radius 2 is 2.25 bits per heavy atom. The Hall–Kier alpha value is -1.22. The van der Waals surface area contributed by atoms with Gasteiger partial charge in [0.1, 0.15) is 12.4 Å². The summed E-state index contributed by atoms with van der Waals surface area (Å²) in [6.45, 7) is 2.55. The molecule has 1 aromatic rings. The van der Waals surface area contributed by atoms with Crippen LogP contribution in [0.1, 0.15) is 17.2 Å². The number of nitrogens with two attached hydrogens (primary N) is 2. The third-order valence-electron chi connectivity index (χ3n) is 2.10. The van der Waals surface area contributed by atoms with E-state index < -0.39 is 0 Å². The van der Waals surface area contributed by atoms with Crippen LogP contribution in [0.4, 0.5) is 5.69 Å². The van der Waals surface area contributed by atoms with E-state index in [1.54, 1.807) is 0 Å². The molecular formula is C9H12N2O. The second-order valence-electron chi connectivity index (χ2n) is 3.19. The minimum absolute atomic E-state index is 0.0119. The molecule has 1 aliphatic heterocycles. The summed E-state index contributed by atoms with van der Waals surface area (Å²) in [7, 11) is 0. The number of anilines is 1. The second kappa shape index (κ2) is 2.38. The van der Waals surface area contributed by atoms with Crippen molar-refractivity contribution in [2.45, 2.75) is 13.0 Å². The van der Waals surface area contributed by atoms with Crippen molar-refractivity contribution in [2.24, 2.45) is 5.73 Å². The molecule has 0 spiro atoms. The third-order valence-corrected chi connectivity index (χ3v) is 2.10. The monoisotopic (exact) mass is 164 g/mol. The predicted molar refractivity (Wildman–Crippen MR) is 48.0 cm³/mol. The summed E-state index contributed by atoms with van der Waals surface area (Å²) in [5.74, 6) is 0.771. The third kappa shape index (κ3) is 0.940. The number of hydrogen-bond acceptors (Lipinski definition) is 3. The van der Waals surface area contributed by atoms with Crippen LogP contribution in [0.25, 0.3) is 0 Å². The van der Waals surface area contributed by atoms with E-state index in [1.165, 1.54) is 0 Å². The van der Waals surface area contributed by atoms with Crippen molar-refractivity contribution in [3.63, 3.8) is 0 Å². The van der Waals surface area contributed by atoms with Crippen molar-refractivity contribution in [1.29, 1.82) is 0 Å². The quantitative estimate of drug-likeness (QED) is 0.562. The van der Waals surface area contributed by atoms with Crippen LogP contribution in [0.2, 0.25) is 0 Å². The number of nitrogen functional groups attached to an aromatic ring is 1. The SMILES string of the molecule is Cc1cc(N)c2c(c1)[C@@H](N)CO2. The van der Waals surface area contributed by atoms with Crippen molar-refractivity contribution >= 4 is 5.69 Å². The molecule has 0 aromatic heterocycles. The standard InChI is InChI=1S/C9H12N2O/c1-5-2-6-8(11)4-12-9(6)7(10)3-5/h2-3,8H,4,10-11H2,1H3/t8-/m0/s1. The van der Waals surface area contributed by atoms with Gasteiger partial charge >= 0.3 is 0 Å². The molecule has 3 heteroatoms. The topological polar surface area (TPSA) is 61.3 Å². The first-order valence-electron chi connectivity index (χ1n) is 3.97. The predicted octanol–water partition coefficient (Wildman–Crippen LogP) is 0.969. The maximum atomic E-state index is 5.80. The zero-order valence-corrected chi connectivity index (χ0v) is 7.00. The molecule has 0 unspecified atom stereocenters. The maximum absolute atomic E-state index is 5.80. The molecule has 1 heterocycles. The van der Waals surface area contributed by atoms with E-state index in [4.69, 9.17) is 16.2 Å².